The maximum atomic E-state index is 4.17. The van der Waals surface area contributed by atoms with Crippen molar-refractivity contribution in [3.05, 3.63) is 29.7 Å². The van der Waals surface area contributed by atoms with E-state index < -0.39 is 0 Å². The average molecular weight is 190 g/mol. The number of hydrogen-bond donors (Lipinski definition) is 0. The fraction of sp³-hybridized carbons (Fsp3) is 0.417. The molecule has 2 rings (SSSR count). The van der Waals surface area contributed by atoms with Gasteiger partial charge in [0.05, 0.1) is 11.7 Å². The van der Waals surface area contributed by atoms with Crippen LogP contribution in [0.25, 0.3) is 10.9 Å². The van der Waals surface area contributed by atoms with Gasteiger partial charge in [0.25, 0.3) is 0 Å². The summed E-state index contributed by atoms with van der Waals surface area (Å²) in [6.07, 6.45) is 3.82. The molecule has 0 unspecified atom stereocenters. The number of aromatic nitrogens is 2. The van der Waals surface area contributed by atoms with E-state index in [1.54, 1.807) is 0 Å². The van der Waals surface area contributed by atoms with Crippen LogP contribution in [0.1, 0.15) is 25.1 Å². The summed E-state index contributed by atoms with van der Waals surface area (Å²) in [4.78, 5) is 4.17. The SMILES string of the molecule is CC.Cc1cncc2c1cc(C)n2C. The van der Waals surface area contributed by atoms with Crippen molar-refractivity contribution in [2.45, 2.75) is 27.7 Å². The zero-order valence-electron chi connectivity index (χ0n) is 9.63. The molecule has 0 fully saturated rings. The first-order chi connectivity index (χ1) is 6.70. The fourth-order valence-corrected chi connectivity index (χ4v) is 1.51. The van der Waals surface area contributed by atoms with Crippen LogP contribution in [0.15, 0.2) is 18.5 Å². The van der Waals surface area contributed by atoms with Crippen molar-refractivity contribution in [3.8, 4) is 0 Å². The Kier molecular flexibility index (Phi) is 3.28. The molecule has 0 bridgehead atoms. The van der Waals surface area contributed by atoms with Crippen LogP contribution in [0.5, 0.6) is 0 Å². The lowest BCUT2D eigenvalue weighted by Gasteiger charge is -1.98. The van der Waals surface area contributed by atoms with Crippen LogP contribution >= 0.6 is 0 Å². The summed E-state index contributed by atoms with van der Waals surface area (Å²) < 4.78 is 2.16. The van der Waals surface area contributed by atoms with Gasteiger partial charge < -0.3 is 4.57 Å². The smallest absolute Gasteiger partial charge is 0.0668 e. The van der Waals surface area contributed by atoms with E-state index in [9.17, 15) is 0 Å². The van der Waals surface area contributed by atoms with Gasteiger partial charge in [0.2, 0.25) is 0 Å². The molecule has 0 aliphatic heterocycles. The van der Waals surface area contributed by atoms with Crippen molar-refractivity contribution in [2.24, 2.45) is 7.05 Å². The molecule has 0 radical (unpaired) electrons. The van der Waals surface area contributed by atoms with Gasteiger partial charge in [0, 0.05) is 24.3 Å². The largest absolute Gasteiger partial charge is 0.347 e. The lowest BCUT2D eigenvalue weighted by molar-refractivity contribution is 0.915. The third kappa shape index (κ3) is 1.65. The molecule has 2 aromatic heterocycles. The topological polar surface area (TPSA) is 17.8 Å². The molecule has 2 nitrogen and oxygen atoms in total. The molecular formula is C12H18N2. The first-order valence-corrected chi connectivity index (χ1v) is 5.07. The summed E-state index contributed by atoms with van der Waals surface area (Å²) in [5.74, 6) is 0. The molecule has 2 heteroatoms. The maximum Gasteiger partial charge on any atom is 0.0668 e. The highest BCUT2D eigenvalue weighted by molar-refractivity contribution is 5.83. The van der Waals surface area contributed by atoms with E-state index in [0.717, 1.165) is 0 Å². The maximum absolute atomic E-state index is 4.17. The van der Waals surface area contributed by atoms with Gasteiger partial charge in [-0.3, -0.25) is 4.98 Å². The molecule has 0 saturated carbocycles. The van der Waals surface area contributed by atoms with Crippen molar-refractivity contribution in [3.63, 3.8) is 0 Å². The van der Waals surface area contributed by atoms with Gasteiger partial charge in [0.1, 0.15) is 0 Å². The Morgan fingerprint density at radius 3 is 2.36 bits per heavy atom. The first kappa shape index (κ1) is 10.8. The summed E-state index contributed by atoms with van der Waals surface area (Å²) in [5, 5.41) is 1.31. The predicted molar refractivity (Wildman–Crippen MR) is 61.5 cm³/mol. The first-order valence-electron chi connectivity index (χ1n) is 5.07. The zero-order chi connectivity index (χ0) is 10.7. The van der Waals surface area contributed by atoms with Gasteiger partial charge in [-0.05, 0) is 25.5 Å². The molecule has 76 valence electrons. The molecule has 0 aliphatic rings. The quantitative estimate of drug-likeness (QED) is 0.623. The van der Waals surface area contributed by atoms with Gasteiger partial charge >= 0.3 is 0 Å². The van der Waals surface area contributed by atoms with E-state index in [1.165, 1.54) is 22.2 Å². The molecule has 0 atom stereocenters. The molecule has 0 amide bonds. The van der Waals surface area contributed by atoms with Crippen LogP contribution in [0.2, 0.25) is 0 Å². The highest BCUT2D eigenvalue weighted by Gasteiger charge is 2.03. The summed E-state index contributed by atoms with van der Waals surface area (Å²) in [6.45, 7) is 8.20. The molecule has 0 spiro atoms. The molecule has 14 heavy (non-hydrogen) atoms. The number of fused-ring (bicyclic) bond motifs is 1. The van der Waals surface area contributed by atoms with Gasteiger partial charge in [-0.25, -0.2) is 0 Å². The molecule has 2 heterocycles. The summed E-state index contributed by atoms with van der Waals surface area (Å²) in [6, 6.07) is 2.20. The highest BCUT2D eigenvalue weighted by atomic mass is 14.9. The fourth-order valence-electron chi connectivity index (χ4n) is 1.51. The van der Waals surface area contributed by atoms with Gasteiger partial charge in [-0.2, -0.15) is 0 Å². The number of nitrogens with zero attached hydrogens (tertiary/aromatic N) is 2. The Balaban J connectivity index is 0.000000461. The number of hydrogen-bond acceptors (Lipinski definition) is 1. The standard InChI is InChI=1S/C10H12N2.C2H6/c1-7-5-11-6-10-9(7)4-8(2)12(10)3;1-2/h4-6H,1-3H3;1-2H3. The van der Waals surface area contributed by atoms with Gasteiger partial charge in [-0.1, -0.05) is 13.8 Å². The van der Waals surface area contributed by atoms with E-state index >= 15 is 0 Å². The Morgan fingerprint density at radius 2 is 1.79 bits per heavy atom. The Morgan fingerprint density at radius 1 is 1.14 bits per heavy atom. The van der Waals surface area contributed by atoms with Crippen LogP contribution in [-0.4, -0.2) is 9.55 Å². The second kappa shape index (κ2) is 4.27. The van der Waals surface area contributed by atoms with Crippen LogP contribution < -0.4 is 0 Å². The van der Waals surface area contributed by atoms with Gasteiger partial charge in [0.15, 0.2) is 0 Å². The molecule has 2 aromatic rings. The summed E-state index contributed by atoms with van der Waals surface area (Å²) >= 11 is 0. The van der Waals surface area contributed by atoms with Crippen molar-refractivity contribution < 1.29 is 0 Å². The average Bonchev–Trinajstić information content (AvgIpc) is 2.50. The normalized spacial score (nSPS) is 9.79. The molecular weight excluding hydrogens is 172 g/mol. The van der Waals surface area contributed by atoms with Crippen molar-refractivity contribution in [1.82, 2.24) is 9.55 Å². The van der Waals surface area contributed by atoms with E-state index in [2.05, 4.69) is 36.5 Å². The van der Waals surface area contributed by atoms with Crippen LogP contribution in [0.4, 0.5) is 0 Å². The molecule has 0 aromatic carbocycles. The lowest BCUT2D eigenvalue weighted by Crippen LogP contribution is -1.89. The van der Waals surface area contributed by atoms with Crippen molar-refractivity contribution in [2.75, 3.05) is 0 Å². The Bertz CT molecular complexity index is 427. The minimum Gasteiger partial charge on any atom is -0.347 e. The number of pyridine rings is 1. The molecule has 0 N–H and O–H groups in total. The van der Waals surface area contributed by atoms with E-state index in [0.29, 0.717) is 0 Å². The summed E-state index contributed by atoms with van der Waals surface area (Å²) in [7, 11) is 2.07. The number of aryl methyl sites for hydroxylation is 3. The Labute approximate surface area is 85.6 Å². The molecule has 0 aliphatic carbocycles. The van der Waals surface area contributed by atoms with Crippen molar-refractivity contribution >= 4 is 10.9 Å². The summed E-state index contributed by atoms with van der Waals surface area (Å²) in [5.41, 5.74) is 3.74. The third-order valence-electron chi connectivity index (χ3n) is 2.41. The second-order valence-corrected chi connectivity index (χ2v) is 3.23. The highest BCUT2D eigenvalue weighted by Crippen LogP contribution is 2.19. The van der Waals surface area contributed by atoms with Crippen LogP contribution in [-0.2, 0) is 7.05 Å². The predicted octanol–water partition coefficient (Wildman–Crippen LogP) is 3.22. The van der Waals surface area contributed by atoms with Crippen LogP contribution in [0.3, 0.4) is 0 Å². The van der Waals surface area contributed by atoms with E-state index in [4.69, 9.17) is 0 Å². The second-order valence-electron chi connectivity index (χ2n) is 3.23. The van der Waals surface area contributed by atoms with E-state index in [-0.39, 0.29) is 0 Å². The molecule has 0 saturated heterocycles. The Hall–Kier alpha value is -1.31. The van der Waals surface area contributed by atoms with E-state index in [1.807, 2.05) is 26.2 Å². The van der Waals surface area contributed by atoms with Crippen molar-refractivity contribution in [1.29, 1.82) is 0 Å². The number of rotatable bonds is 0. The minimum atomic E-state index is 1.22. The minimum absolute atomic E-state index is 1.22. The monoisotopic (exact) mass is 190 g/mol. The zero-order valence-corrected chi connectivity index (χ0v) is 9.63. The lowest BCUT2D eigenvalue weighted by atomic mass is 10.2. The van der Waals surface area contributed by atoms with Crippen LogP contribution in [0, 0.1) is 13.8 Å². The van der Waals surface area contributed by atoms with Gasteiger partial charge in [-0.15, -0.1) is 0 Å². The third-order valence-corrected chi connectivity index (χ3v) is 2.41.